The van der Waals surface area contributed by atoms with Crippen molar-refractivity contribution < 1.29 is 17.6 Å². The van der Waals surface area contributed by atoms with Gasteiger partial charge in [-0.25, -0.2) is 12.8 Å². The van der Waals surface area contributed by atoms with Crippen LogP contribution in [0.1, 0.15) is 26.7 Å². The number of halogens is 2. The summed E-state index contributed by atoms with van der Waals surface area (Å²) < 4.78 is 40.6. The summed E-state index contributed by atoms with van der Waals surface area (Å²) in [6.07, 6.45) is 1.67. The minimum absolute atomic E-state index is 0.0276. The predicted octanol–water partition coefficient (Wildman–Crippen LogP) is 3.98. The number of carbonyl (C=O) groups is 1. The fraction of sp³-hybridized carbons (Fsp3) is 0.316. The normalized spacial score (nSPS) is 12.4. The molecule has 0 saturated carbocycles. The molecule has 2 rings (SSSR count). The number of anilines is 1. The summed E-state index contributed by atoms with van der Waals surface area (Å²) in [6, 6.07) is 11.2. The van der Waals surface area contributed by atoms with Crippen LogP contribution in [0, 0.1) is 5.82 Å². The Labute approximate surface area is 164 Å². The first-order valence-electron chi connectivity index (χ1n) is 8.58. The van der Waals surface area contributed by atoms with E-state index in [0.29, 0.717) is 0 Å². The third kappa shape index (κ3) is 5.43. The summed E-state index contributed by atoms with van der Waals surface area (Å²) in [6.45, 7) is 3.41. The highest BCUT2D eigenvalue weighted by Gasteiger charge is 2.28. The summed E-state index contributed by atoms with van der Waals surface area (Å²) in [4.78, 5) is 12.4. The van der Waals surface area contributed by atoms with E-state index in [-0.39, 0.29) is 21.6 Å². The number of benzene rings is 2. The van der Waals surface area contributed by atoms with Crippen LogP contribution >= 0.6 is 11.6 Å². The SMILES string of the molecule is CCC[C@H](C)NC(=O)CN(c1ccc(F)c(Cl)c1)S(=O)(=O)c1ccccc1. The third-order valence-corrected chi connectivity index (χ3v) is 6.02. The van der Waals surface area contributed by atoms with Gasteiger partial charge in [0.2, 0.25) is 5.91 Å². The van der Waals surface area contributed by atoms with E-state index in [1.165, 1.54) is 24.3 Å². The summed E-state index contributed by atoms with van der Waals surface area (Å²) in [5, 5.41) is 2.56. The van der Waals surface area contributed by atoms with Crippen LogP contribution in [-0.4, -0.2) is 26.9 Å². The van der Waals surface area contributed by atoms with Crippen LogP contribution in [0.25, 0.3) is 0 Å². The first kappa shape index (κ1) is 21.2. The van der Waals surface area contributed by atoms with Gasteiger partial charge in [-0.05, 0) is 43.7 Å². The Hall–Kier alpha value is -2.12. The molecule has 8 heteroatoms. The van der Waals surface area contributed by atoms with Gasteiger partial charge in [-0.3, -0.25) is 9.10 Å². The number of hydrogen-bond donors (Lipinski definition) is 1. The van der Waals surface area contributed by atoms with Crippen molar-refractivity contribution >= 4 is 33.2 Å². The number of nitrogens with zero attached hydrogens (tertiary/aromatic N) is 1. The molecule has 1 amide bonds. The van der Waals surface area contributed by atoms with Gasteiger partial charge >= 0.3 is 0 Å². The zero-order valence-electron chi connectivity index (χ0n) is 15.2. The van der Waals surface area contributed by atoms with Gasteiger partial charge in [0.1, 0.15) is 12.4 Å². The standard InChI is InChI=1S/C19H22ClFN2O3S/c1-3-7-14(2)22-19(24)13-23(15-10-11-18(21)17(20)12-15)27(25,26)16-8-5-4-6-9-16/h4-6,8-12,14H,3,7,13H2,1-2H3,(H,22,24)/t14-/m0/s1. The molecule has 2 aromatic carbocycles. The topological polar surface area (TPSA) is 66.5 Å². The second-order valence-corrected chi connectivity index (χ2v) is 8.45. The smallest absolute Gasteiger partial charge is 0.264 e. The summed E-state index contributed by atoms with van der Waals surface area (Å²) >= 11 is 5.82. The number of hydrogen-bond acceptors (Lipinski definition) is 3. The zero-order valence-corrected chi connectivity index (χ0v) is 16.7. The van der Waals surface area contributed by atoms with Gasteiger partial charge in [0.25, 0.3) is 10.0 Å². The predicted molar refractivity (Wildman–Crippen MR) is 105 cm³/mol. The van der Waals surface area contributed by atoms with Crippen molar-refractivity contribution in [3.63, 3.8) is 0 Å². The van der Waals surface area contributed by atoms with Crippen molar-refractivity contribution in [2.45, 2.75) is 37.6 Å². The highest BCUT2D eigenvalue weighted by molar-refractivity contribution is 7.92. The van der Waals surface area contributed by atoms with Crippen molar-refractivity contribution in [3.05, 3.63) is 59.4 Å². The van der Waals surface area contributed by atoms with Gasteiger partial charge in [0.15, 0.2) is 0 Å². The Bertz CT molecular complexity index is 891. The van der Waals surface area contributed by atoms with Crippen molar-refractivity contribution in [1.82, 2.24) is 5.32 Å². The molecule has 0 aliphatic rings. The number of nitrogens with one attached hydrogen (secondary N) is 1. The molecule has 0 aromatic heterocycles. The van der Waals surface area contributed by atoms with Gasteiger partial charge in [-0.1, -0.05) is 43.1 Å². The first-order valence-corrected chi connectivity index (χ1v) is 10.4. The molecular formula is C19H22ClFN2O3S. The van der Waals surface area contributed by atoms with Gasteiger partial charge in [-0.15, -0.1) is 0 Å². The molecule has 0 spiro atoms. The Morgan fingerprint density at radius 3 is 2.48 bits per heavy atom. The Morgan fingerprint density at radius 1 is 1.22 bits per heavy atom. The fourth-order valence-corrected chi connectivity index (χ4v) is 4.24. The monoisotopic (exact) mass is 412 g/mol. The van der Waals surface area contributed by atoms with Crippen LogP contribution in [-0.2, 0) is 14.8 Å². The van der Waals surface area contributed by atoms with Crippen LogP contribution in [0.5, 0.6) is 0 Å². The van der Waals surface area contributed by atoms with E-state index < -0.39 is 28.3 Å². The summed E-state index contributed by atoms with van der Waals surface area (Å²) in [5.41, 5.74) is 0.114. The molecule has 1 N–H and O–H groups in total. The lowest BCUT2D eigenvalue weighted by molar-refractivity contribution is -0.120. The minimum atomic E-state index is -4.04. The van der Waals surface area contributed by atoms with E-state index in [1.807, 2.05) is 13.8 Å². The molecule has 0 saturated heterocycles. The molecule has 1 atom stereocenters. The van der Waals surface area contributed by atoms with Gasteiger partial charge < -0.3 is 5.32 Å². The molecule has 0 heterocycles. The number of carbonyl (C=O) groups excluding carboxylic acids is 1. The van der Waals surface area contributed by atoms with Crippen LogP contribution in [0.2, 0.25) is 5.02 Å². The van der Waals surface area contributed by atoms with E-state index in [0.717, 1.165) is 23.2 Å². The number of rotatable bonds is 8. The van der Waals surface area contributed by atoms with E-state index in [9.17, 15) is 17.6 Å². The molecule has 0 fully saturated rings. The number of sulfonamides is 1. The maximum absolute atomic E-state index is 13.5. The molecule has 146 valence electrons. The van der Waals surface area contributed by atoms with E-state index in [2.05, 4.69) is 5.32 Å². The Balaban J connectivity index is 2.40. The van der Waals surface area contributed by atoms with Crippen LogP contribution < -0.4 is 9.62 Å². The molecule has 2 aromatic rings. The molecule has 0 radical (unpaired) electrons. The largest absolute Gasteiger partial charge is 0.352 e. The highest BCUT2D eigenvalue weighted by Crippen LogP contribution is 2.27. The van der Waals surface area contributed by atoms with E-state index in [4.69, 9.17) is 11.6 Å². The molecule has 5 nitrogen and oxygen atoms in total. The first-order chi connectivity index (χ1) is 12.8. The fourth-order valence-electron chi connectivity index (χ4n) is 2.63. The summed E-state index contributed by atoms with van der Waals surface area (Å²) in [7, 11) is -4.04. The minimum Gasteiger partial charge on any atom is -0.352 e. The second kappa shape index (κ2) is 9.19. The maximum Gasteiger partial charge on any atom is 0.264 e. The second-order valence-electron chi connectivity index (χ2n) is 6.18. The Kier molecular flexibility index (Phi) is 7.21. The van der Waals surface area contributed by atoms with Crippen LogP contribution in [0.4, 0.5) is 10.1 Å². The van der Waals surface area contributed by atoms with Gasteiger partial charge in [0.05, 0.1) is 15.6 Å². The van der Waals surface area contributed by atoms with Crippen molar-refractivity contribution in [2.24, 2.45) is 0 Å². The molecule has 0 aliphatic carbocycles. The lowest BCUT2D eigenvalue weighted by Crippen LogP contribution is -2.43. The maximum atomic E-state index is 13.5. The van der Waals surface area contributed by atoms with E-state index in [1.54, 1.807) is 18.2 Å². The third-order valence-electron chi connectivity index (χ3n) is 3.94. The quantitative estimate of drug-likeness (QED) is 0.713. The van der Waals surface area contributed by atoms with Crippen LogP contribution in [0.3, 0.4) is 0 Å². The Morgan fingerprint density at radius 2 is 1.89 bits per heavy atom. The van der Waals surface area contributed by atoms with Crippen molar-refractivity contribution in [2.75, 3.05) is 10.8 Å². The number of amides is 1. The lowest BCUT2D eigenvalue weighted by Gasteiger charge is -2.25. The van der Waals surface area contributed by atoms with Crippen molar-refractivity contribution in [1.29, 1.82) is 0 Å². The zero-order chi connectivity index (χ0) is 20.0. The molecular weight excluding hydrogens is 391 g/mol. The van der Waals surface area contributed by atoms with Gasteiger partial charge in [0, 0.05) is 6.04 Å². The molecule has 0 bridgehead atoms. The highest BCUT2D eigenvalue weighted by atomic mass is 35.5. The molecule has 27 heavy (non-hydrogen) atoms. The average Bonchev–Trinajstić information content (AvgIpc) is 2.63. The molecule has 0 aliphatic heterocycles. The van der Waals surface area contributed by atoms with Gasteiger partial charge in [-0.2, -0.15) is 0 Å². The molecule has 0 unspecified atom stereocenters. The van der Waals surface area contributed by atoms with E-state index >= 15 is 0 Å². The average molecular weight is 413 g/mol. The van der Waals surface area contributed by atoms with Crippen molar-refractivity contribution in [3.8, 4) is 0 Å². The lowest BCUT2D eigenvalue weighted by atomic mass is 10.2. The summed E-state index contributed by atoms with van der Waals surface area (Å²) in [5.74, 6) is -1.12. The van der Waals surface area contributed by atoms with Crippen LogP contribution in [0.15, 0.2) is 53.4 Å².